The molecule has 0 radical (unpaired) electrons. The third-order valence-corrected chi connectivity index (χ3v) is 5.49. The zero-order valence-corrected chi connectivity index (χ0v) is 12.7. The van der Waals surface area contributed by atoms with Crippen LogP contribution in [0.3, 0.4) is 0 Å². The van der Waals surface area contributed by atoms with Gasteiger partial charge in [-0.3, -0.25) is 4.79 Å². The van der Waals surface area contributed by atoms with Crippen LogP contribution in [0.1, 0.15) is 58.3 Å². The largest absolute Gasteiger partial charge is 0.469 e. The zero-order chi connectivity index (χ0) is 14.2. The predicted octanol–water partition coefficient (Wildman–Crippen LogP) is 3.62. The lowest BCUT2D eigenvalue weighted by Gasteiger charge is -2.52. The molecule has 112 valence electrons. The summed E-state index contributed by atoms with van der Waals surface area (Å²) in [7, 11) is 1.47. The monoisotopic (exact) mass is 278 g/mol. The Kier molecular flexibility index (Phi) is 3.89. The number of esters is 1. The second-order valence-electron chi connectivity index (χ2n) is 6.80. The molecule has 1 aliphatic heterocycles. The van der Waals surface area contributed by atoms with Gasteiger partial charge in [0.15, 0.2) is 0 Å². The Bertz CT molecular complexity index is 414. The molecule has 0 amide bonds. The van der Waals surface area contributed by atoms with Crippen LogP contribution >= 0.6 is 0 Å². The van der Waals surface area contributed by atoms with E-state index in [-0.39, 0.29) is 11.6 Å². The quantitative estimate of drug-likeness (QED) is 0.571. The summed E-state index contributed by atoms with van der Waals surface area (Å²) in [6.07, 6.45) is 11.7. The van der Waals surface area contributed by atoms with Gasteiger partial charge < -0.3 is 9.47 Å². The number of ether oxygens (including phenoxy) is 2. The number of fused-ring (bicyclic) bond motifs is 3. The van der Waals surface area contributed by atoms with E-state index in [1.54, 1.807) is 5.57 Å². The first-order valence-corrected chi connectivity index (χ1v) is 8.08. The number of allylic oxidation sites excluding steroid dienone is 1. The van der Waals surface area contributed by atoms with Gasteiger partial charge in [-0.1, -0.05) is 24.5 Å². The van der Waals surface area contributed by atoms with E-state index in [0.717, 1.165) is 12.8 Å². The second kappa shape index (κ2) is 5.51. The lowest BCUT2D eigenvalue weighted by molar-refractivity contribution is -0.181. The maximum atomic E-state index is 11.8. The lowest BCUT2D eigenvalue weighted by atomic mass is 9.64. The SMILES string of the molecule is COC(=O)C[C@]1(C)O[C@@H]2CCCC[C@@H]2C2=CCCC[C@@H]21. The second-order valence-corrected chi connectivity index (χ2v) is 6.80. The van der Waals surface area contributed by atoms with E-state index in [1.165, 1.54) is 39.2 Å². The highest BCUT2D eigenvalue weighted by Gasteiger charge is 2.50. The van der Waals surface area contributed by atoms with Gasteiger partial charge in [0.05, 0.1) is 25.2 Å². The van der Waals surface area contributed by atoms with E-state index in [4.69, 9.17) is 9.47 Å². The summed E-state index contributed by atoms with van der Waals surface area (Å²) in [6.45, 7) is 2.12. The molecule has 0 unspecified atom stereocenters. The number of rotatable bonds is 2. The molecule has 0 N–H and O–H groups in total. The molecule has 1 heterocycles. The van der Waals surface area contributed by atoms with Crippen molar-refractivity contribution in [2.45, 2.75) is 70.0 Å². The number of hydrogen-bond donors (Lipinski definition) is 0. The minimum absolute atomic E-state index is 0.147. The molecule has 0 aromatic carbocycles. The molecule has 1 saturated carbocycles. The first kappa shape index (κ1) is 14.1. The summed E-state index contributed by atoms with van der Waals surface area (Å²) < 4.78 is 11.4. The van der Waals surface area contributed by atoms with Gasteiger partial charge in [-0.2, -0.15) is 0 Å². The topological polar surface area (TPSA) is 35.5 Å². The van der Waals surface area contributed by atoms with Crippen LogP contribution in [0.25, 0.3) is 0 Å². The molecule has 1 saturated heterocycles. The van der Waals surface area contributed by atoms with Crippen LogP contribution in [0.4, 0.5) is 0 Å². The molecule has 2 fully saturated rings. The molecule has 3 nitrogen and oxygen atoms in total. The van der Waals surface area contributed by atoms with Crippen LogP contribution in [-0.4, -0.2) is 24.8 Å². The zero-order valence-electron chi connectivity index (χ0n) is 12.7. The van der Waals surface area contributed by atoms with Crippen molar-refractivity contribution in [3.05, 3.63) is 11.6 Å². The standard InChI is InChI=1S/C17H26O3/c1-17(11-16(18)19-2)14-9-5-3-7-12(14)13-8-4-6-10-15(13)20-17/h7,13-15H,3-6,8-11H2,1-2H3/t13-,14+,15-,17+/m1/s1. The van der Waals surface area contributed by atoms with Gasteiger partial charge in [0.1, 0.15) is 0 Å². The van der Waals surface area contributed by atoms with E-state index in [0.29, 0.717) is 24.4 Å². The van der Waals surface area contributed by atoms with Crippen molar-refractivity contribution < 1.29 is 14.3 Å². The van der Waals surface area contributed by atoms with E-state index < -0.39 is 0 Å². The average Bonchev–Trinajstić information content (AvgIpc) is 2.47. The van der Waals surface area contributed by atoms with Crippen LogP contribution in [0.2, 0.25) is 0 Å². The lowest BCUT2D eigenvalue weighted by Crippen LogP contribution is -2.53. The summed E-state index contributed by atoms with van der Waals surface area (Å²) in [4.78, 5) is 11.8. The number of hydrogen-bond acceptors (Lipinski definition) is 3. The van der Waals surface area contributed by atoms with Gasteiger partial charge in [0.25, 0.3) is 0 Å². The molecular weight excluding hydrogens is 252 g/mol. The fraction of sp³-hybridized carbons (Fsp3) is 0.824. The highest BCUT2D eigenvalue weighted by atomic mass is 16.5. The Morgan fingerprint density at radius 1 is 1.35 bits per heavy atom. The highest BCUT2D eigenvalue weighted by molar-refractivity contribution is 5.70. The van der Waals surface area contributed by atoms with E-state index in [1.807, 2.05) is 0 Å². The molecule has 3 heteroatoms. The Balaban J connectivity index is 1.89. The summed E-state index contributed by atoms with van der Waals surface area (Å²) in [5.41, 5.74) is 1.23. The van der Waals surface area contributed by atoms with Gasteiger partial charge in [-0.25, -0.2) is 0 Å². The van der Waals surface area contributed by atoms with E-state index in [9.17, 15) is 4.79 Å². The Morgan fingerprint density at radius 3 is 2.95 bits per heavy atom. The maximum Gasteiger partial charge on any atom is 0.308 e. The minimum Gasteiger partial charge on any atom is -0.469 e. The van der Waals surface area contributed by atoms with Crippen LogP contribution in [-0.2, 0) is 14.3 Å². The Labute approximate surface area is 121 Å². The van der Waals surface area contributed by atoms with Gasteiger partial charge in [-0.05, 0) is 39.0 Å². The molecule has 0 aromatic rings. The fourth-order valence-corrected chi connectivity index (χ4v) is 4.54. The molecular formula is C17H26O3. The predicted molar refractivity (Wildman–Crippen MR) is 77.3 cm³/mol. The van der Waals surface area contributed by atoms with Crippen molar-refractivity contribution in [2.75, 3.05) is 7.11 Å². The van der Waals surface area contributed by atoms with Gasteiger partial charge in [0, 0.05) is 11.8 Å². The molecule has 4 atom stereocenters. The Morgan fingerprint density at radius 2 is 2.15 bits per heavy atom. The van der Waals surface area contributed by atoms with Crippen LogP contribution in [0, 0.1) is 11.8 Å². The van der Waals surface area contributed by atoms with Crippen molar-refractivity contribution >= 4 is 5.97 Å². The summed E-state index contributed by atoms with van der Waals surface area (Å²) >= 11 is 0. The molecule has 0 spiro atoms. The third kappa shape index (κ3) is 2.41. The Hall–Kier alpha value is -0.830. The molecule has 0 bridgehead atoms. The van der Waals surface area contributed by atoms with Gasteiger partial charge in [0.2, 0.25) is 0 Å². The molecule has 20 heavy (non-hydrogen) atoms. The van der Waals surface area contributed by atoms with E-state index in [2.05, 4.69) is 13.0 Å². The first-order chi connectivity index (χ1) is 9.64. The van der Waals surface area contributed by atoms with Crippen molar-refractivity contribution in [1.29, 1.82) is 0 Å². The van der Waals surface area contributed by atoms with Gasteiger partial charge in [-0.15, -0.1) is 0 Å². The van der Waals surface area contributed by atoms with Crippen molar-refractivity contribution in [3.8, 4) is 0 Å². The van der Waals surface area contributed by atoms with Crippen molar-refractivity contribution in [1.82, 2.24) is 0 Å². The number of carbonyl (C=O) groups is 1. The third-order valence-electron chi connectivity index (χ3n) is 5.49. The number of carbonyl (C=O) groups excluding carboxylic acids is 1. The summed E-state index contributed by atoms with van der Waals surface area (Å²) in [6, 6.07) is 0. The molecule has 0 aromatic heterocycles. The highest BCUT2D eigenvalue weighted by Crippen LogP contribution is 2.51. The minimum atomic E-state index is -0.363. The van der Waals surface area contributed by atoms with Crippen LogP contribution < -0.4 is 0 Å². The molecule has 3 rings (SSSR count). The smallest absolute Gasteiger partial charge is 0.308 e. The van der Waals surface area contributed by atoms with Crippen LogP contribution in [0.15, 0.2) is 11.6 Å². The van der Waals surface area contributed by atoms with Crippen molar-refractivity contribution in [3.63, 3.8) is 0 Å². The fourth-order valence-electron chi connectivity index (χ4n) is 4.54. The van der Waals surface area contributed by atoms with Crippen molar-refractivity contribution in [2.24, 2.45) is 11.8 Å². The normalized spacial score (nSPS) is 40.3. The summed E-state index contributed by atoms with van der Waals surface area (Å²) in [5, 5.41) is 0. The molecule has 3 aliphatic rings. The number of methoxy groups -OCH3 is 1. The molecule has 2 aliphatic carbocycles. The summed E-state index contributed by atoms with van der Waals surface area (Å²) in [5.74, 6) is 0.876. The average molecular weight is 278 g/mol. The first-order valence-electron chi connectivity index (χ1n) is 8.08. The van der Waals surface area contributed by atoms with Gasteiger partial charge >= 0.3 is 5.97 Å². The maximum absolute atomic E-state index is 11.8. The van der Waals surface area contributed by atoms with E-state index >= 15 is 0 Å². The van der Waals surface area contributed by atoms with Crippen LogP contribution in [0.5, 0.6) is 0 Å².